The van der Waals surface area contributed by atoms with Crippen LogP contribution in [0.15, 0.2) is 0 Å². The van der Waals surface area contributed by atoms with Gasteiger partial charge in [0.2, 0.25) is 0 Å². The summed E-state index contributed by atoms with van der Waals surface area (Å²) in [4.78, 5) is 11.1. The molecule has 2 N–H and O–H groups in total. The maximum Gasteiger partial charge on any atom is 0.322 e. The zero-order chi connectivity index (χ0) is 12.3. The van der Waals surface area contributed by atoms with Gasteiger partial charge in [0.1, 0.15) is 0 Å². The van der Waals surface area contributed by atoms with Gasteiger partial charge in [-0.05, 0) is 31.2 Å². The summed E-state index contributed by atoms with van der Waals surface area (Å²) in [6.07, 6.45) is 2.68. The van der Waals surface area contributed by atoms with Crippen LogP contribution in [0.4, 0.5) is 8.78 Å². The van der Waals surface area contributed by atoms with Crippen LogP contribution in [0.5, 0.6) is 0 Å². The highest BCUT2D eigenvalue weighted by Crippen LogP contribution is 2.62. The number of rotatable bonds is 2. The number of carboxylic acid groups (broad SMARTS) is 1. The van der Waals surface area contributed by atoms with E-state index in [0.29, 0.717) is 12.0 Å². The number of nitrogens with one attached hydrogen (secondary N) is 1. The molecule has 1 aromatic heterocycles. The maximum atomic E-state index is 13.4. The number of nitrogens with zero attached hydrogens (tertiary/aromatic N) is 1. The Morgan fingerprint density at radius 3 is 2.59 bits per heavy atom. The fourth-order valence-corrected chi connectivity index (χ4v) is 2.71. The molecule has 0 saturated heterocycles. The van der Waals surface area contributed by atoms with Gasteiger partial charge in [-0.2, -0.15) is 5.10 Å². The fraction of sp³-hybridized carbons (Fsp3) is 0.636. The van der Waals surface area contributed by atoms with E-state index >= 15 is 0 Å². The van der Waals surface area contributed by atoms with Gasteiger partial charge < -0.3 is 5.11 Å². The van der Waals surface area contributed by atoms with Crippen LogP contribution in [0.1, 0.15) is 36.2 Å². The van der Waals surface area contributed by atoms with Crippen LogP contribution in [-0.4, -0.2) is 27.2 Å². The van der Waals surface area contributed by atoms with Crippen molar-refractivity contribution < 1.29 is 18.7 Å². The molecule has 3 rings (SSSR count). The number of carbonyl (C=O) groups is 1. The summed E-state index contributed by atoms with van der Waals surface area (Å²) in [5.74, 6) is -4.64. The van der Waals surface area contributed by atoms with Gasteiger partial charge in [0.05, 0.1) is 5.69 Å². The number of aliphatic carboxylic acids is 1. The van der Waals surface area contributed by atoms with Crippen molar-refractivity contribution in [1.82, 2.24) is 10.2 Å². The Balaban J connectivity index is 2.10. The Kier molecular flexibility index (Phi) is 1.92. The molecule has 0 bridgehead atoms. The average molecular weight is 242 g/mol. The highest BCUT2D eigenvalue weighted by Gasteiger charge is 2.79. The molecular weight excluding hydrogens is 230 g/mol. The Hall–Kier alpha value is -1.46. The third-order valence-corrected chi connectivity index (χ3v) is 3.81. The van der Waals surface area contributed by atoms with Gasteiger partial charge in [0.25, 0.3) is 5.92 Å². The molecule has 0 spiro atoms. The number of aromatic amines is 1. The summed E-state index contributed by atoms with van der Waals surface area (Å²) in [6.45, 7) is 0. The quantitative estimate of drug-likeness (QED) is 0.828. The molecule has 2 aliphatic rings. The van der Waals surface area contributed by atoms with Gasteiger partial charge in [0.15, 0.2) is 5.41 Å². The number of H-pyrrole nitrogens is 1. The molecule has 1 saturated carbocycles. The zero-order valence-corrected chi connectivity index (χ0v) is 9.09. The predicted octanol–water partition coefficient (Wildman–Crippen LogP) is 1.65. The van der Waals surface area contributed by atoms with E-state index in [1.807, 2.05) is 0 Å². The number of fused-ring (bicyclic) bond motifs is 1. The molecule has 0 radical (unpaired) electrons. The van der Waals surface area contributed by atoms with Crippen molar-refractivity contribution >= 4 is 5.97 Å². The average Bonchev–Trinajstić information content (AvgIpc) is 2.70. The number of alkyl halides is 2. The van der Waals surface area contributed by atoms with E-state index in [-0.39, 0.29) is 5.69 Å². The molecule has 0 aliphatic heterocycles. The first-order valence-corrected chi connectivity index (χ1v) is 5.67. The van der Waals surface area contributed by atoms with E-state index in [1.54, 1.807) is 0 Å². The van der Waals surface area contributed by atoms with Crippen molar-refractivity contribution in [2.45, 2.75) is 43.4 Å². The normalized spacial score (nSPS) is 29.8. The first kappa shape index (κ1) is 10.7. The largest absolute Gasteiger partial charge is 0.480 e. The molecular formula is C11H12F2N2O2. The number of aromatic nitrogens is 2. The topological polar surface area (TPSA) is 66.0 Å². The van der Waals surface area contributed by atoms with Crippen molar-refractivity contribution in [2.24, 2.45) is 0 Å². The van der Waals surface area contributed by atoms with Crippen molar-refractivity contribution in [3.63, 3.8) is 0 Å². The van der Waals surface area contributed by atoms with Gasteiger partial charge in [-0.1, -0.05) is 0 Å². The number of aryl methyl sites for hydroxylation is 1. The Labute approximate surface area is 96.0 Å². The Morgan fingerprint density at radius 1 is 1.35 bits per heavy atom. The van der Waals surface area contributed by atoms with E-state index < -0.39 is 23.7 Å². The lowest BCUT2D eigenvalue weighted by molar-refractivity contribution is -0.143. The van der Waals surface area contributed by atoms with Gasteiger partial charge >= 0.3 is 5.97 Å². The lowest BCUT2D eigenvalue weighted by atomic mass is 9.89. The predicted molar refractivity (Wildman–Crippen MR) is 54.1 cm³/mol. The van der Waals surface area contributed by atoms with Gasteiger partial charge in [-0.3, -0.25) is 9.89 Å². The van der Waals surface area contributed by atoms with Crippen LogP contribution in [-0.2, 0) is 23.1 Å². The molecule has 1 unspecified atom stereocenters. The van der Waals surface area contributed by atoms with Crippen LogP contribution >= 0.6 is 0 Å². The summed E-state index contributed by atoms with van der Waals surface area (Å²) >= 11 is 0. The van der Waals surface area contributed by atoms with E-state index in [2.05, 4.69) is 10.2 Å². The number of halogens is 2. The fourth-order valence-electron chi connectivity index (χ4n) is 2.71. The minimum atomic E-state index is -3.17. The number of hydrogen-bond donors (Lipinski definition) is 2. The minimum absolute atomic E-state index is 0.0599. The smallest absolute Gasteiger partial charge is 0.322 e. The van der Waals surface area contributed by atoms with Crippen molar-refractivity contribution in [3.05, 3.63) is 17.0 Å². The summed E-state index contributed by atoms with van der Waals surface area (Å²) in [5.41, 5.74) is -0.482. The lowest BCUT2D eigenvalue weighted by Crippen LogP contribution is -2.29. The van der Waals surface area contributed by atoms with Crippen LogP contribution < -0.4 is 0 Å². The number of carboxylic acids is 1. The second kappa shape index (κ2) is 3.05. The van der Waals surface area contributed by atoms with Crippen LogP contribution in [0.25, 0.3) is 0 Å². The SMILES string of the molecule is O=C(O)C1(c2n[nH]c3c2CCCC3)CC1(F)F. The second-order valence-electron chi connectivity index (χ2n) is 4.83. The van der Waals surface area contributed by atoms with E-state index in [9.17, 15) is 13.6 Å². The van der Waals surface area contributed by atoms with Crippen molar-refractivity contribution in [1.29, 1.82) is 0 Å². The van der Waals surface area contributed by atoms with Gasteiger partial charge in [-0.15, -0.1) is 0 Å². The second-order valence-corrected chi connectivity index (χ2v) is 4.83. The highest BCUT2D eigenvalue weighted by atomic mass is 19.3. The molecule has 6 heteroatoms. The Morgan fingerprint density at radius 2 is 2.00 bits per heavy atom. The van der Waals surface area contributed by atoms with Crippen molar-refractivity contribution in [3.8, 4) is 0 Å². The standard InChI is InChI=1S/C11H12F2N2O2/c12-11(13)5-10(11,9(16)17)8-6-3-1-2-4-7(6)14-15-8/h1-5H2,(H,14,15)(H,16,17). The summed E-state index contributed by atoms with van der Waals surface area (Å²) in [6, 6.07) is 0. The maximum absolute atomic E-state index is 13.4. The van der Waals surface area contributed by atoms with Crippen LogP contribution in [0.2, 0.25) is 0 Å². The number of hydrogen-bond acceptors (Lipinski definition) is 2. The first-order valence-electron chi connectivity index (χ1n) is 5.67. The molecule has 2 aliphatic carbocycles. The third kappa shape index (κ3) is 1.21. The molecule has 1 heterocycles. The molecule has 1 atom stereocenters. The van der Waals surface area contributed by atoms with Crippen molar-refractivity contribution in [2.75, 3.05) is 0 Å². The molecule has 4 nitrogen and oxygen atoms in total. The third-order valence-electron chi connectivity index (χ3n) is 3.81. The van der Waals surface area contributed by atoms with E-state index in [1.165, 1.54) is 0 Å². The van der Waals surface area contributed by atoms with Gasteiger partial charge in [-0.25, -0.2) is 8.78 Å². The molecule has 92 valence electrons. The van der Waals surface area contributed by atoms with E-state index in [4.69, 9.17) is 5.11 Å². The zero-order valence-electron chi connectivity index (χ0n) is 9.09. The highest BCUT2D eigenvalue weighted by molar-refractivity contribution is 5.87. The monoisotopic (exact) mass is 242 g/mol. The molecule has 0 aromatic carbocycles. The van der Waals surface area contributed by atoms with E-state index in [0.717, 1.165) is 25.0 Å². The summed E-state index contributed by atoms with van der Waals surface area (Å²) in [7, 11) is 0. The summed E-state index contributed by atoms with van der Waals surface area (Å²) < 4.78 is 26.8. The first-order chi connectivity index (χ1) is 7.99. The minimum Gasteiger partial charge on any atom is -0.480 e. The molecule has 0 amide bonds. The molecule has 1 aromatic rings. The van der Waals surface area contributed by atoms with Crippen LogP contribution in [0, 0.1) is 0 Å². The lowest BCUT2D eigenvalue weighted by Gasteiger charge is -2.14. The van der Waals surface area contributed by atoms with Crippen LogP contribution in [0.3, 0.4) is 0 Å². The summed E-state index contributed by atoms with van der Waals surface area (Å²) in [5, 5.41) is 15.7. The molecule has 1 fully saturated rings. The Bertz CT molecular complexity index is 498. The van der Waals surface area contributed by atoms with Gasteiger partial charge in [0, 0.05) is 12.1 Å². The molecule has 17 heavy (non-hydrogen) atoms.